The number of hydrogen-bond acceptors (Lipinski definition) is 5. The Hall–Kier alpha value is -1.96. The molecule has 0 aliphatic carbocycles. The lowest BCUT2D eigenvalue weighted by molar-refractivity contribution is -0.142. The van der Waals surface area contributed by atoms with Crippen molar-refractivity contribution < 1.29 is 14.3 Å². The fourth-order valence-electron chi connectivity index (χ4n) is 2.64. The van der Waals surface area contributed by atoms with E-state index in [1.807, 2.05) is 6.92 Å². The second-order valence-corrected chi connectivity index (χ2v) is 5.30. The molecule has 0 aromatic carbocycles. The summed E-state index contributed by atoms with van der Waals surface area (Å²) in [7, 11) is 0. The molecule has 2 amide bonds. The van der Waals surface area contributed by atoms with Crippen LogP contribution in [0.25, 0.3) is 0 Å². The molecule has 3 heterocycles. The summed E-state index contributed by atoms with van der Waals surface area (Å²) in [5.41, 5.74) is 0. The first-order valence-corrected chi connectivity index (χ1v) is 7.28. The van der Waals surface area contributed by atoms with Crippen LogP contribution in [0.2, 0.25) is 0 Å². The molecule has 8 heteroatoms. The number of hydrogen-bond donors (Lipinski definition) is 2. The van der Waals surface area contributed by atoms with E-state index in [1.54, 1.807) is 4.90 Å². The molecule has 1 aromatic heterocycles. The molecule has 3 rings (SSSR count). The summed E-state index contributed by atoms with van der Waals surface area (Å²) in [4.78, 5) is 29.7. The summed E-state index contributed by atoms with van der Waals surface area (Å²) in [6.45, 7) is 3.40. The van der Waals surface area contributed by atoms with E-state index in [9.17, 15) is 9.59 Å². The van der Waals surface area contributed by atoms with Crippen LogP contribution in [0.3, 0.4) is 0 Å². The molecule has 1 aromatic rings. The molecule has 0 radical (unpaired) electrons. The maximum atomic E-state index is 12.4. The highest BCUT2D eigenvalue weighted by Crippen LogP contribution is 2.21. The van der Waals surface area contributed by atoms with Crippen molar-refractivity contribution in [2.75, 3.05) is 19.7 Å². The standard InChI is InChI=1S/C13H19N5O3/c1-2-10-15-12(17-16-10)9-7-18(5-6-21-9)13(20)8-3-4-11(19)14-8/h8-9H,2-7H2,1H3,(H,14,19)(H,15,16,17)/t8-,9+/m0/s1. The summed E-state index contributed by atoms with van der Waals surface area (Å²) in [5.74, 6) is 1.29. The number of aryl methyl sites for hydroxylation is 1. The molecular formula is C13H19N5O3. The second kappa shape index (κ2) is 5.80. The van der Waals surface area contributed by atoms with Crippen molar-refractivity contribution in [1.29, 1.82) is 0 Å². The van der Waals surface area contributed by atoms with Gasteiger partial charge in [-0.3, -0.25) is 14.7 Å². The second-order valence-electron chi connectivity index (χ2n) is 5.30. The number of carbonyl (C=O) groups excluding carboxylic acids is 2. The SMILES string of the molecule is CCc1nc([C@H]2CN(C(=O)[C@@H]3CCC(=O)N3)CCO2)n[nH]1. The highest BCUT2D eigenvalue weighted by molar-refractivity contribution is 5.90. The van der Waals surface area contributed by atoms with Gasteiger partial charge in [-0.2, -0.15) is 5.10 Å². The normalized spacial score (nSPS) is 26.0. The van der Waals surface area contributed by atoms with Gasteiger partial charge in [-0.25, -0.2) is 4.98 Å². The van der Waals surface area contributed by atoms with Crippen LogP contribution in [0, 0.1) is 0 Å². The van der Waals surface area contributed by atoms with Gasteiger partial charge >= 0.3 is 0 Å². The fraction of sp³-hybridized carbons (Fsp3) is 0.692. The molecule has 114 valence electrons. The Balaban J connectivity index is 1.65. The predicted molar refractivity (Wildman–Crippen MR) is 72.2 cm³/mol. The summed E-state index contributed by atoms with van der Waals surface area (Å²) < 4.78 is 5.66. The average molecular weight is 293 g/mol. The first-order valence-electron chi connectivity index (χ1n) is 7.28. The van der Waals surface area contributed by atoms with E-state index in [0.29, 0.717) is 38.4 Å². The van der Waals surface area contributed by atoms with Gasteiger partial charge in [0.1, 0.15) is 18.0 Å². The Morgan fingerprint density at radius 3 is 3.05 bits per heavy atom. The summed E-state index contributed by atoms with van der Waals surface area (Å²) in [6, 6.07) is -0.394. The molecular weight excluding hydrogens is 274 g/mol. The zero-order valence-electron chi connectivity index (χ0n) is 12.0. The lowest BCUT2D eigenvalue weighted by Gasteiger charge is -2.33. The lowest BCUT2D eigenvalue weighted by Crippen LogP contribution is -2.49. The number of aromatic nitrogens is 3. The van der Waals surface area contributed by atoms with Crippen molar-refractivity contribution in [3.8, 4) is 0 Å². The number of nitrogens with one attached hydrogen (secondary N) is 2. The molecule has 0 unspecified atom stereocenters. The predicted octanol–water partition coefficient (Wildman–Crippen LogP) is -0.454. The number of H-pyrrole nitrogens is 1. The maximum Gasteiger partial charge on any atom is 0.245 e. The Labute approximate surface area is 122 Å². The smallest absolute Gasteiger partial charge is 0.245 e. The summed E-state index contributed by atoms with van der Waals surface area (Å²) in [5, 5.41) is 9.71. The molecule has 0 spiro atoms. The van der Waals surface area contributed by atoms with Crippen LogP contribution >= 0.6 is 0 Å². The minimum Gasteiger partial charge on any atom is -0.366 e. The van der Waals surface area contributed by atoms with E-state index in [1.165, 1.54) is 0 Å². The van der Waals surface area contributed by atoms with Gasteiger partial charge in [0.15, 0.2) is 5.82 Å². The van der Waals surface area contributed by atoms with E-state index >= 15 is 0 Å². The first-order chi connectivity index (χ1) is 10.2. The van der Waals surface area contributed by atoms with Crippen LogP contribution in [-0.2, 0) is 20.7 Å². The van der Waals surface area contributed by atoms with Crippen LogP contribution < -0.4 is 5.32 Å². The van der Waals surface area contributed by atoms with Gasteiger partial charge in [0.2, 0.25) is 11.8 Å². The molecule has 0 bridgehead atoms. The molecule has 0 saturated carbocycles. The van der Waals surface area contributed by atoms with Gasteiger partial charge in [0, 0.05) is 19.4 Å². The number of rotatable bonds is 3. The first kappa shape index (κ1) is 14.0. The molecule has 21 heavy (non-hydrogen) atoms. The maximum absolute atomic E-state index is 12.4. The van der Waals surface area contributed by atoms with E-state index in [2.05, 4.69) is 20.5 Å². The summed E-state index contributed by atoms with van der Waals surface area (Å²) >= 11 is 0. The van der Waals surface area contributed by atoms with E-state index in [4.69, 9.17) is 4.74 Å². The molecule has 2 N–H and O–H groups in total. The lowest BCUT2D eigenvalue weighted by atomic mass is 10.1. The molecule has 2 aliphatic rings. The third kappa shape index (κ3) is 2.90. The molecule has 2 fully saturated rings. The Morgan fingerprint density at radius 1 is 1.52 bits per heavy atom. The number of amides is 2. The Bertz CT molecular complexity index is 544. The van der Waals surface area contributed by atoms with Crippen LogP contribution in [0.5, 0.6) is 0 Å². The Kier molecular flexibility index (Phi) is 3.87. The van der Waals surface area contributed by atoms with Gasteiger partial charge < -0.3 is 15.0 Å². The molecule has 2 aliphatic heterocycles. The monoisotopic (exact) mass is 293 g/mol. The van der Waals surface area contributed by atoms with Crippen LogP contribution in [0.4, 0.5) is 0 Å². The van der Waals surface area contributed by atoms with Gasteiger partial charge in [0.25, 0.3) is 0 Å². The van der Waals surface area contributed by atoms with E-state index < -0.39 is 6.04 Å². The quantitative estimate of drug-likeness (QED) is 0.786. The van der Waals surface area contributed by atoms with Crippen molar-refractivity contribution in [3.63, 3.8) is 0 Å². The largest absolute Gasteiger partial charge is 0.366 e. The van der Waals surface area contributed by atoms with Crippen LogP contribution in [-0.4, -0.2) is 57.6 Å². The minimum absolute atomic E-state index is 0.0413. The van der Waals surface area contributed by atoms with Crippen molar-refractivity contribution in [2.24, 2.45) is 0 Å². The minimum atomic E-state index is -0.394. The van der Waals surface area contributed by atoms with Crippen LogP contribution in [0.15, 0.2) is 0 Å². The van der Waals surface area contributed by atoms with Gasteiger partial charge in [-0.1, -0.05) is 6.92 Å². The van der Waals surface area contributed by atoms with Crippen molar-refractivity contribution in [2.45, 2.75) is 38.3 Å². The topological polar surface area (TPSA) is 100 Å². The Morgan fingerprint density at radius 2 is 2.38 bits per heavy atom. The number of morpholine rings is 1. The number of ether oxygens (including phenoxy) is 1. The third-order valence-corrected chi connectivity index (χ3v) is 3.84. The number of carbonyl (C=O) groups is 2. The fourth-order valence-corrected chi connectivity index (χ4v) is 2.64. The molecule has 8 nitrogen and oxygen atoms in total. The number of aromatic amines is 1. The van der Waals surface area contributed by atoms with Gasteiger partial charge in [-0.05, 0) is 6.42 Å². The van der Waals surface area contributed by atoms with E-state index in [0.717, 1.165) is 12.2 Å². The zero-order valence-corrected chi connectivity index (χ0v) is 12.0. The van der Waals surface area contributed by atoms with Crippen molar-refractivity contribution in [3.05, 3.63) is 11.6 Å². The van der Waals surface area contributed by atoms with Crippen molar-refractivity contribution >= 4 is 11.8 Å². The molecule has 2 atom stereocenters. The third-order valence-electron chi connectivity index (χ3n) is 3.84. The zero-order chi connectivity index (χ0) is 14.8. The van der Waals surface area contributed by atoms with E-state index in [-0.39, 0.29) is 17.9 Å². The van der Waals surface area contributed by atoms with Crippen molar-refractivity contribution in [1.82, 2.24) is 25.4 Å². The van der Waals surface area contributed by atoms with Gasteiger partial charge in [-0.15, -0.1) is 0 Å². The number of nitrogens with zero attached hydrogens (tertiary/aromatic N) is 3. The average Bonchev–Trinajstić information content (AvgIpc) is 3.15. The van der Waals surface area contributed by atoms with Crippen LogP contribution in [0.1, 0.15) is 37.5 Å². The highest BCUT2D eigenvalue weighted by atomic mass is 16.5. The molecule has 2 saturated heterocycles. The highest BCUT2D eigenvalue weighted by Gasteiger charge is 2.34. The summed E-state index contributed by atoms with van der Waals surface area (Å²) in [6.07, 6.45) is 1.46. The van der Waals surface area contributed by atoms with Gasteiger partial charge in [0.05, 0.1) is 13.2 Å².